The summed E-state index contributed by atoms with van der Waals surface area (Å²) in [6, 6.07) is 20.4. The third-order valence-electron chi connectivity index (χ3n) is 6.91. The number of hydrogen-bond donors (Lipinski definition) is 0. The lowest BCUT2D eigenvalue weighted by Gasteiger charge is -2.40. The molecule has 5 nitrogen and oxygen atoms in total. The third-order valence-corrected chi connectivity index (χ3v) is 8.66. The highest BCUT2D eigenvalue weighted by molar-refractivity contribution is 7.91. The molecule has 6 heteroatoms. The molecule has 32 heavy (non-hydrogen) atoms. The van der Waals surface area contributed by atoms with E-state index in [4.69, 9.17) is 0 Å². The van der Waals surface area contributed by atoms with E-state index in [2.05, 4.69) is 29.2 Å². The Labute approximate surface area is 192 Å². The molecular weight excluding hydrogens is 420 g/mol. The van der Waals surface area contributed by atoms with E-state index in [9.17, 15) is 13.2 Å². The largest absolute Gasteiger partial charge is 0.335 e. The zero-order chi connectivity index (χ0) is 22.6. The van der Waals surface area contributed by atoms with Gasteiger partial charge in [0.05, 0.1) is 24.1 Å². The highest BCUT2D eigenvalue weighted by atomic mass is 32.2. The van der Waals surface area contributed by atoms with Gasteiger partial charge in [0.2, 0.25) is 5.91 Å². The van der Waals surface area contributed by atoms with Gasteiger partial charge < -0.3 is 4.90 Å². The molecule has 0 radical (unpaired) electrons. The molecule has 1 saturated carbocycles. The molecule has 1 aliphatic carbocycles. The Kier molecular flexibility index (Phi) is 7.31. The number of nitrogens with zero attached hydrogens (tertiary/aromatic N) is 2. The Morgan fingerprint density at radius 3 is 1.94 bits per heavy atom. The van der Waals surface area contributed by atoms with Gasteiger partial charge in [-0.15, -0.1) is 0 Å². The first-order chi connectivity index (χ1) is 15.4. The fraction of sp³-hybridized carbons (Fsp3) is 0.500. The Bertz CT molecular complexity index is 949. The van der Waals surface area contributed by atoms with Crippen LogP contribution in [0.25, 0.3) is 0 Å². The minimum atomic E-state index is -3.05. The standard InChI is InChI=1S/C26H34N2O3S/c1-27(26(21-11-5-2-6-12-21)22-13-7-3-8-14-22)19-25(29)28(23-15-9-4-10-16-23)24-17-18-32(30,31)20-24/h2-3,5-8,11-14,23-24,26H,4,9-10,15-20H2,1H3. The molecule has 1 atom stereocenters. The van der Waals surface area contributed by atoms with Crippen LogP contribution in [0.3, 0.4) is 0 Å². The first-order valence-corrected chi connectivity index (χ1v) is 13.6. The molecule has 2 aromatic rings. The first kappa shape index (κ1) is 23.0. The number of hydrogen-bond acceptors (Lipinski definition) is 4. The van der Waals surface area contributed by atoms with Crippen LogP contribution in [0.1, 0.15) is 55.7 Å². The van der Waals surface area contributed by atoms with E-state index in [1.165, 1.54) is 6.42 Å². The van der Waals surface area contributed by atoms with Crippen LogP contribution in [0, 0.1) is 0 Å². The van der Waals surface area contributed by atoms with Crippen molar-refractivity contribution in [2.45, 2.75) is 56.7 Å². The van der Waals surface area contributed by atoms with Gasteiger partial charge in [-0.05, 0) is 37.4 Å². The summed E-state index contributed by atoms with van der Waals surface area (Å²) in [4.78, 5) is 17.8. The van der Waals surface area contributed by atoms with E-state index in [-0.39, 0.29) is 42.1 Å². The maximum Gasteiger partial charge on any atom is 0.237 e. The fourth-order valence-electron chi connectivity index (χ4n) is 5.42. The Balaban J connectivity index is 1.58. The normalized spacial score (nSPS) is 21.2. The summed E-state index contributed by atoms with van der Waals surface area (Å²) >= 11 is 0. The van der Waals surface area contributed by atoms with Gasteiger partial charge in [0, 0.05) is 12.1 Å². The van der Waals surface area contributed by atoms with Gasteiger partial charge in [0.25, 0.3) is 0 Å². The van der Waals surface area contributed by atoms with Gasteiger partial charge in [-0.3, -0.25) is 9.69 Å². The monoisotopic (exact) mass is 454 g/mol. The molecule has 172 valence electrons. The van der Waals surface area contributed by atoms with Crippen molar-refractivity contribution in [3.8, 4) is 0 Å². The molecule has 0 N–H and O–H groups in total. The third kappa shape index (κ3) is 5.41. The van der Waals surface area contributed by atoms with Crippen molar-refractivity contribution in [1.29, 1.82) is 0 Å². The smallest absolute Gasteiger partial charge is 0.237 e. The lowest BCUT2D eigenvalue weighted by Crippen LogP contribution is -2.52. The van der Waals surface area contributed by atoms with Crippen molar-refractivity contribution in [1.82, 2.24) is 9.80 Å². The average molecular weight is 455 g/mol. The summed E-state index contributed by atoms with van der Waals surface area (Å²) in [5, 5.41) is 0. The van der Waals surface area contributed by atoms with Crippen LogP contribution in [0.4, 0.5) is 0 Å². The predicted octanol–water partition coefficient (Wildman–Crippen LogP) is 4.06. The zero-order valence-corrected chi connectivity index (χ0v) is 19.7. The quantitative estimate of drug-likeness (QED) is 0.633. The molecule has 2 aromatic carbocycles. The van der Waals surface area contributed by atoms with Gasteiger partial charge >= 0.3 is 0 Å². The predicted molar refractivity (Wildman–Crippen MR) is 128 cm³/mol. The average Bonchev–Trinajstić information content (AvgIpc) is 3.15. The molecule has 0 bridgehead atoms. The van der Waals surface area contributed by atoms with Crippen LogP contribution >= 0.6 is 0 Å². The van der Waals surface area contributed by atoms with Gasteiger partial charge in [0.15, 0.2) is 9.84 Å². The van der Waals surface area contributed by atoms with Crippen molar-refractivity contribution in [2.75, 3.05) is 25.1 Å². The van der Waals surface area contributed by atoms with Crippen LogP contribution in [-0.2, 0) is 14.6 Å². The summed E-state index contributed by atoms with van der Waals surface area (Å²) in [6.07, 6.45) is 5.95. The van der Waals surface area contributed by atoms with Crippen LogP contribution in [0.2, 0.25) is 0 Å². The van der Waals surface area contributed by atoms with Crippen molar-refractivity contribution in [2.24, 2.45) is 0 Å². The number of benzene rings is 2. The molecule has 1 heterocycles. The lowest BCUT2D eigenvalue weighted by atomic mass is 9.92. The van der Waals surface area contributed by atoms with Crippen molar-refractivity contribution < 1.29 is 13.2 Å². The summed E-state index contributed by atoms with van der Waals surface area (Å²) in [5.41, 5.74) is 2.28. The van der Waals surface area contributed by atoms with E-state index >= 15 is 0 Å². The molecule has 0 aromatic heterocycles. The van der Waals surface area contributed by atoms with Gasteiger partial charge in [-0.25, -0.2) is 8.42 Å². The summed E-state index contributed by atoms with van der Waals surface area (Å²) in [5.74, 6) is 0.360. The molecule has 1 saturated heterocycles. The zero-order valence-electron chi connectivity index (χ0n) is 18.9. The second kappa shape index (κ2) is 10.2. The summed E-state index contributed by atoms with van der Waals surface area (Å²) < 4.78 is 24.4. The lowest BCUT2D eigenvalue weighted by molar-refractivity contribution is -0.137. The molecule has 2 aliphatic rings. The number of sulfone groups is 1. The van der Waals surface area contributed by atoms with Crippen molar-refractivity contribution >= 4 is 15.7 Å². The summed E-state index contributed by atoms with van der Waals surface area (Å²) in [6.45, 7) is 0.265. The second-order valence-corrected chi connectivity index (χ2v) is 11.5. The van der Waals surface area contributed by atoms with Crippen LogP contribution in [0.15, 0.2) is 60.7 Å². The maximum absolute atomic E-state index is 13.7. The minimum Gasteiger partial charge on any atom is -0.335 e. The van der Waals surface area contributed by atoms with E-state index in [1.807, 2.05) is 48.3 Å². The number of carbonyl (C=O) groups excluding carboxylic acids is 1. The summed E-state index contributed by atoms with van der Waals surface area (Å²) in [7, 11) is -1.06. The molecule has 2 fully saturated rings. The first-order valence-electron chi connectivity index (χ1n) is 11.8. The van der Waals surface area contributed by atoms with E-state index in [0.717, 1.165) is 36.8 Å². The molecular formula is C26H34N2O3S. The molecule has 4 rings (SSSR count). The number of likely N-dealkylation sites (N-methyl/N-ethyl adjacent to an activating group) is 1. The van der Waals surface area contributed by atoms with Gasteiger partial charge in [-0.2, -0.15) is 0 Å². The highest BCUT2D eigenvalue weighted by Crippen LogP contribution is 2.31. The van der Waals surface area contributed by atoms with Crippen LogP contribution < -0.4 is 0 Å². The fourth-order valence-corrected chi connectivity index (χ4v) is 7.13. The van der Waals surface area contributed by atoms with E-state index in [0.29, 0.717) is 6.42 Å². The molecule has 1 aliphatic heterocycles. The van der Waals surface area contributed by atoms with Gasteiger partial charge in [0.1, 0.15) is 0 Å². The Morgan fingerprint density at radius 2 is 1.44 bits per heavy atom. The topological polar surface area (TPSA) is 57.7 Å². The minimum absolute atomic E-state index is 0.0399. The van der Waals surface area contributed by atoms with E-state index in [1.54, 1.807) is 0 Å². The Morgan fingerprint density at radius 1 is 0.875 bits per heavy atom. The van der Waals surface area contributed by atoms with Crippen molar-refractivity contribution in [3.05, 3.63) is 71.8 Å². The number of amides is 1. The van der Waals surface area contributed by atoms with E-state index < -0.39 is 9.84 Å². The molecule has 1 unspecified atom stereocenters. The molecule has 1 amide bonds. The highest BCUT2D eigenvalue weighted by Gasteiger charge is 2.39. The van der Waals surface area contributed by atoms with Gasteiger partial charge in [-0.1, -0.05) is 79.9 Å². The maximum atomic E-state index is 13.7. The van der Waals surface area contributed by atoms with Crippen molar-refractivity contribution in [3.63, 3.8) is 0 Å². The SMILES string of the molecule is CN(CC(=O)N(C1CCCCC1)C1CCS(=O)(=O)C1)C(c1ccccc1)c1ccccc1. The number of rotatable bonds is 7. The second-order valence-electron chi connectivity index (χ2n) is 9.29. The van der Waals surface area contributed by atoms with Crippen LogP contribution in [0.5, 0.6) is 0 Å². The van der Waals surface area contributed by atoms with Crippen LogP contribution in [-0.4, -0.2) is 61.3 Å². The number of carbonyl (C=O) groups is 1. The molecule has 0 spiro atoms. The Hall–Kier alpha value is -2.18.